The van der Waals surface area contributed by atoms with Crippen molar-refractivity contribution in [2.24, 2.45) is 0 Å². The first-order valence-electron chi connectivity index (χ1n) is 16.9. The van der Waals surface area contributed by atoms with Crippen molar-refractivity contribution in [3.05, 3.63) is 169 Å². The van der Waals surface area contributed by atoms with Crippen LogP contribution < -0.4 is 4.90 Å². The summed E-state index contributed by atoms with van der Waals surface area (Å²) >= 11 is 0. The molecular weight excluding hydrogens is 597 g/mol. The van der Waals surface area contributed by atoms with Gasteiger partial charge in [0.05, 0.1) is 0 Å². The van der Waals surface area contributed by atoms with Gasteiger partial charge in [-0.1, -0.05) is 123 Å². The summed E-state index contributed by atoms with van der Waals surface area (Å²) in [7, 11) is 0. The lowest BCUT2D eigenvalue weighted by molar-refractivity contribution is 0.590. The largest absolute Gasteiger partial charge is 0.435 e. The molecule has 49 heavy (non-hydrogen) atoms. The highest BCUT2D eigenvalue weighted by Gasteiger charge is 2.36. The Labute approximate surface area is 285 Å². The normalized spacial score (nSPS) is 13.3. The van der Waals surface area contributed by atoms with Crippen LogP contribution in [0.5, 0.6) is 0 Å². The number of oxazole rings is 1. The quantitative estimate of drug-likeness (QED) is 0.190. The van der Waals surface area contributed by atoms with Crippen LogP contribution in [0.25, 0.3) is 67.1 Å². The van der Waals surface area contributed by atoms with E-state index in [9.17, 15) is 0 Å². The van der Waals surface area contributed by atoms with Crippen molar-refractivity contribution in [2.45, 2.75) is 19.3 Å². The minimum absolute atomic E-state index is 0.111. The first-order valence-corrected chi connectivity index (χ1v) is 16.9. The van der Waals surface area contributed by atoms with Gasteiger partial charge in [-0.05, 0) is 87.3 Å². The Morgan fingerprint density at radius 3 is 1.94 bits per heavy atom. The van der Waals surface area contributed by atoms with E-state index in [0.29, 0.717) is 5.89 Å². The van der Waals surface area contributed by atoms with E-state index < -0.39 is 0 Å². The molecule has 10 rings (SSSR count). The van der Waals surface area contributed by atoms with Gasteiger partial charge in [-0.25, -0.2) is 4.98 Å². The average Bonchev–Trinajstić information content (AvgIpc) is 3.79. The lowest BCUT2D eigenvalue weighted by Gasteiger charge is -2.29. The van der Waals surface area contributed by atoms with Gasteiger partial charge >= 0.3 is 0 Å². The monoisotopic (exact) mass is 628 g/mol. The third-order valence-electron chi connectivity index (χ3n) is 10.4. The summed E-state index contributed by atoms with van der Waals surface area (Å²) in [5, 5.41) is 2.36. The van der Waals surface area contributed by atoms with Crippen LogP contribution >= 0.6 is 0 Å². The average molecular weight is 629 g/mol. The molecule has 0 saturated carbocycles. The summed E-state index contributed by atoms with van der Waals surface area (Å²) in [4.78, 5) is 7.42. The Kier molecular flexibility index (Phi) is 5.92. The fourth-order valence-corrected chi connectivity index (χ4v) is 8.02. The number of hydrogen-bond acceptors (Lipinski definition) is 3. The Morgan fingerprint density at radius 2 is 1.14 bits per heavy atom. The molecule has 0 unspecified atom stereocenters. The molecule has 0 saturated heterocycles. The maximum atomic E-state index is 6.59. The van der Waals surface area contributed by atoms with Crippen molar-refractivity contribution in [3.8, 4) is 56.3 Å². The molecule has 7 aromatic carbocycles. The number of fused-ring (bicyclic) bond motifs is 6. The maximum absolute atomic E-state index is 6.59. The molecule has 3 heteroatoms. The summed E-state index contributed by atoms with van der Waals surface area (Å²) in [5.41, 5.74) is 15.0. The van der Waals surface area contributed by atoms with Crippen LogP contribution in [0, 0.1) is 0 Å². The topological polar surface area (TPSA) is 29.3 Å². The zero-order valence-corrected chi connectivity index (χ0v) is 27.3. The van der Waals surface area contributed by atoms with Crippen molar-refractivity contribution in [1.29, 1.82) is 0 Å². The highest BCUT2D eigenvalue weighted by Crippen LogP contribution is 2.53. The van der Waals surface area contributed by atoms with Gasteiger partial charge < -0.3 is 9.32 Å². The number of anilines is 3. The Bertz CT molecular complexity index is 2560. The Balaban J connectivity index is 1.17. The van der Waals surface area contributed by atoms with Crippen LogP contribution in [0.4, 0.5) is 17.1 Å². The van der Waals surface area contributed by atoms with Crippen molar-refractivity contribution in [2.75, 3.05) is 4.90 Å². The molecule has 2 aliphatic rings. The van der Waals surface area contributed by atoms with E-state index in [1.165, 1.54) is 44.2 Å². The molecule has 1 heterocycles. The van der Waals surface area contributed by atoms with Crippen LogP contribution in [0.3, 0.4) is 0 Å². The molecule has 2 aliphatic carbocycles. The summed E-state index contributed by atoms with van der Waals surface area (Å²) in [5.74, 6) is 1.48. The van der Waals surface area contributed by atoms with E-state index in [0.717, 1.165) is 45.2 Å². The molecule has 0 N–H and O–H groups in total. The molecule has 0 aliphatic heterocycles. The van der Waals surface area contributed by atoms with Crippen molar-refractivity contribution in [3.63, 3.8) is 0 Å². The zero-order valence-electron chi connectivity index (χ0n) is 27.3. The first kappa shape index (κ1) is 27.9. The lowest BCUT2D eigenvalue weighted by atomic mass is 9.82. The highest BCUT2D eigenvalue weighted by molar-refractivity contribution is 6.15. The van der Waals surface area contributed by atoms with E-state index in [4.69, 9.17) is 9.40 Å². The molecule has 232 valence electrons. The van der Waals surface area contributed by atoms with Gasteiger partial charge in [-0.15, -0.1) is 0 Å². The molecule has 0 bridgehead atoms. The second kappa shape index (κ2) is 10.4. The van der Waals surface area contributed by atoms with E-state index in [2.05, 4.69) is 146 Å². The molecule has 1 aromatic heterocycles. The van der Waals surface area contributed by atoms with Gasteiger partial charge in [0, 0.05) is 44.6 Å². The van der Waals surface area contributed by atoms with E-state index >= 15 is 0 Å². The van der Waals surface area contributed by atoms with E-state index in [1.807, 2.05) is 30.3 Å². The number of aromatic nitrogens is 1. The fourth-order valence-electron chi connectivity index (χ4n) is 8.02. The second-order valence-corrected chi connectivity index (χ2v) is 13.6. The third kappa shape index (κ3) is 4.19. The predicted molar refractivity (Wildman–Crippen MR) is 202 cm³/mol. The number of hydrogen-bond donors (Lipinski definition) is 0. The Morgan fingerprint density at radius 1 is 0.490 bits per heavy atom. The molecule has 0 radical (unpaired) electrons. The van der Waals surface area contributed by atoms with Gasteiger partial charge in [0.1, 0.15) is 5.69 Å². The molecule has 0 amide bonds. The van der Waals surface area contributed by atoms with Crippen molar-refractivity contribution < 1.29 is 4.42 Å². The maximum Gasteiger partial charge on any atom is 0.227 e. The highest BCUT2D eigenvalue weighted by atomic mass is 16.4. The Hall–Kier alpha value is -6.19. The third-order valence-corrected chi connectivity index (χ3v) is 10.4. The van der Waals surface area contributed by atoms with Crippen LogP contribution in [-0.2, 0) is 5.41 Å². The van der Waals surface area contributed by atoms with Crippen LogP contribution in [-0.4, -0.2) is 4.98 Å². The number of nitrogens with zero attached hydrogens (tertiary/aromatic N) is 2. The van der Waals surface area contributed by atoms with Crippen LogP contribution in [0.1, 0.15) is 25.0 Å². The van der Waals surface area contributed by atoms with Crippen LogP contribution in [0.15, 0.2) is 162 Å². The van der Waals surface area contributed by atoms with E-state index in [-0.39, 0.29) is 5.41 Å². The molecule has 0 spiro atoms. The second-order valence-electron chi connectivity index (χ2n) is 13.6. The zero-order chi connectivity index (χ0) is 32.7. The minimum atomic E-state index is -0.111. The van der Waals surface area contributed by atoms with Gasteiger partial charge in [-0.3, -0.25) is 0 Å². The number of benzene rings is 7. The smallest absolute Gasteiger partial charge is 0.227 e. The molecule has 8 aromatic rings. The summed E-state index contributed by atoms with van der Waals surface area (Å²) in [6, 6.07) is 56.6. The van der Waals surface area contributed by atoms with Gasteiger partial charge in [-0.2, -0.15) is 0 Å². The fraction of sp³-hybridized carbons (Fsp3) is 0.0652. The van der Waals surface area contributed by atoms with Crippen molar-refractivity contribution >= 4 is 27.8 Å². The summed E-state index contributed by atoms with van der Waals surface area (Å²) < 4.78 is 6.59. The molecule has 0 fully saturated rings. The van der Waals surface area contributed by atoms with Crippen LogP contribution in [0.2, 0.25) is 0 Å². The van der Waals surface area contributed by atoms with Crippen molar-refractivity contribution in [1.82, 2.24) is 4.98 Å². The molecular formula is C46H32N2O. The van der Waals surface area contributed by atoms with E-state index in [1.54, 1.807) is 0 Å². The molecule has 3 nitrogen and oxygen atoms in total. The van der Waals surface area contributed by atoms with Gasteiger partial charge in [0.2, 0.25) is 5.89 Å². The lowest BCUT2D eigenvalue weighted by Crippen LogP contribution is -2.16. The van der Waals surface area contributed by atoms with Gasteiger partial charge in [0.15, 0.2) is 5.76 Å². The molecule has 0 atom stereocenters. The first-order chi connectivity index (χ1) is 24.0. The standard InChI is InChI=1S/C46H32N2O/c1-46(2)40-19-10-9-17-36(40)37-25-24-34(28-41(37)46)48(33-22-20-30(21-23-33)29-12-5-3-6-13-29)35-26-32-16-11-18-38-42(32)39(27-35)44-43(38)47-45(49-44)31-14-7-4-8-15-31/h3-28H,1-2H3. The van der Waals surface area contributed by atoms with Gasteiger partial charge in [0.25, 0.3) is 0 Å². The minimum Gasteiger partial charge on any atom is -0.435 e. The SMILES string of the molecule is CC1(C)c2ccccc2-c2ccc(N(c3ccc(-c4ccccc4)cc3)c3cc4c5c(cccc5c3)-c3nc(-c5ccccc5)oc3-4)cc21. The number of rotatable bonds is 5. The predicted octanol–water partition coefficient (Wildman–Crippen LogP) is 12.6. The summed E-state index contributed by atoms with van der Waals surface area (Å²) in [6.07, 6.45) is 0. The summed E-state index contributed by atoms with van der Waals surface area (Å²) in [6.45, 7) is 4.68.